The summed E-state index contributed by atoms with van der Waals surface area (Å²) in [4.78, 5) is 22.9. The first-order valence-electron chi connectivity index (χ1n) is 6.73. The molecule has 0 aromatic heterocycles. The van der Waals surface area contributed by atoms with E-state index in [4.69, 9.17) is 5.11 Å². The van der Waals surface area contributed by atoms with Gasteiger partial charge in [-0.2, -0.15) is 0 Å². The van der Waals surface area contributed by atoms with Crippen molar-refractivity contribution in [3.63, 3.8) is 0 Å². The fraction of sp³-hybridized carbons (Fsp3) is 0.714. The Balaban J connectivity index is 2.40. The van der Waals surface area contributed by atoms with Crippen molar-refractivity contribution in [2.45, 2.75) is 46.1 Å². The van der Waals surface area contributed by atoms with Gasteiger partial charge in [-0.15, -0.1) is 0 Å². The second-order valence-electron chi connectivity index (χ2n) is 6.14. The van der Waals surface area contributed by atoms with Gasteiger partial charge >= 0.3 is 12.0 Å². The summed E-state index contributed by atoms with van der Waals surface area (Å²) in [6, 6.07) is -1.30. The Hall–Kier alpha value is -1.52. The van der Waals surface area contributed by atoms with E-state index in [1.54, 1.807) is 20.8 Å². The Morgan fingerprint density at radius 1 is 1.37 bits per heavy atom. The number of carbonyl (C=O) groups is 2. The van der Waals surface area contributed by atoms with Gasteiger partial charge in [-0.3, -0.25) is 0 Å². The lowest BCUT2D eigenvalue weighted by Crippen LogP contribution is -2.52. The molecule has 2 atom stereocenters. The highest BCUT2D eigenvalue weighted by Gasteiger charge is 2.32. The van der Waals surface area contributed by atoms with Gasteiger partial charge in [-0.25, -0.2) is 9.59 Å². The lowest BCUT2D eigenvalue weighted by molar-refractivity contribution is -0.141. The molecule has 0 saturated carbocycles. The van der Waals surface area contributed by atoms with Crippen LogP contribution in [0.25, 0.3) is 0 Å². The first kappa shape index (κ1) is 15.5. The third kappa shape index (κ3) is 5.32. The number of hydrogen-bond donors (Lipinski definition) is 3. The van der Waals surface area contributed by atoms with E-state index in [0.29, 0.717) is 12.5 Å². The van der Waals surface area contributed by atoms with Crippen molar-refractivity contribution < 1.29 is 14.7 Å². The fourth-order valence-electron chi connectivity index (χ4n) is 2.11. The maximum absolute atomic E-state index is 11.7. The highest BCUT2D eigenvalue weighted by Crippen LogP contribution is 2.19. The van der Waals surface area contributed by atoms with Gasteiger partial charge in [-0.1, -0.05) is 32.9 Å². The number of carboxylic acid groups (broad SMARTS) is 1. The maximum Gasteiger partial charge on any atom is 0.326 e. The van der Waals surface area contributed by atoms with Crippen molar-refractivity contribution in [1.29, 1.82) is 0 Å². The van der Waals surface area contributed by atoms with Crippen LogP contribution < -0.4 is 10.6 Å². The minimum atomic E-state index is -1.01. The largest absolute Gasteiger partial charge is 0.480 e. The number of aliphatic carboxylic acids is 1. The van der Waals surface area contributed by atoms with Crippen LogP contribution in [-0.2, 0) is 4.79 Å². The van der Waals surface area contributed by atoms with Gasteiger partial charge in [0.25, 0.3) is 0 Å². The highest BCUT2D eigenvalue weighted by atomic mass is 16.4. The van der Waals surface area contributed by atoms with Gasteiger partial charge in [0.05, 0.1) is 0 Å². The van der Waals surface area contributed by atoms with Crippen LogP contribution in [0, 0.1) is 11.3 Å². The van der Waals surface area contributed by atoms with Crippen LogP contribution in [0.15, 0.2) is 12.2 Å². The van der Waals surface area contributed by atoms with Gasteiger partial charge in [0, 0.05) is 6.54 Å². The first-order valence-corrected chi connectivity index (χ1v) is 6.73. The molecular formula is C14H24N2O3. The monoisotopic (exact) mass is 268 g/mol. The third-order valence-corrected chi connectivity index (χ3v) is 3.32. The van der Waals surface area contributed by atoms with E-state index in [1.165, 1.54) is 0 Å². The summed E-state index contributed by atoms with van der Waals surface area (Å²) in [5, 5.41) is 14.4. The molecule has 108 valence electrons. The van der Waals surface area contributed by atoms with Crippen LogP contribution >= 0.6 is 0 Å². The Kier molecular flexibility index (Phi) is 5.39. The van der Waals surface area contributed by atoms with Crippen molar-refractivity contribution in [3.8, 4) is 0 Å². The fourth-order valence-corrected chi connectivity index (χ4v) is 2.11. The van der Waals surface area contributed by atoms with Crippen molar-refractivity contribution >= 4 is 12.0 Å². The van der Waals surface area contributed by atoms with E-state index in [0.717, 1.165) is 19.3 Å². The van der Waals surface area contributed by atoms with Crippen LogP contribution in [-0.4, -0.2) is 29.7 Å². The minimum absolute atomic E-state index is 0.406. The predicted octanol–water partition coefficient (Wildman–Crippen LogP) is 2.14. The average Bonchev–Trinajstić information content (AvgIpc) is 2.33. The molecule has 0 bridgehead atoms. The average molecular weight is 268 g/mol. The summed E-state index contributed by atoms with van der Waals surface area (Å²) in [5.74, 6) is -0.558. The molecule has 1 aliphatic carbocycles. The van der Waals surface area contributed by atoms with Crippen LogP contribution in [0.1, 0.15) is 40.0 Å². The summed E-state index contributed by atoms with van der Waals surface area (Å²) < 4.78 is 0. The highest BCUT2D eigenvalue weighted by molar-refractivity contribution is 5.83. The van der Waals surface area contributed by atoms with E-state index < -0.39 is 23.5 Å². The first-order chi connectivity index (χ1) is 8.80. The molecule has 0 aliphatic heterocycles. The molecule has 0 aromatic rings. The summed E-state index contributed by atoms with van der Waals surface area (Å²) in [5.41, 5.74) is -0.517. The van der Waals surface area contributed by atoms with E-state index in [2.05, 4.69) is 22.8 Å². The summed E-state index contributed by atoms with van der Waals surface area (Å²) >= 11 is 0. The topological polar surface area (TPSA) is 78.4 Å². The standard InChI is InChI=1S/C14H24N2O3/c1-14(2,3)11(12(17)18)16-13(19)15-9-10-7-5-4-6-8-10/h4-5,10-11H,6-9H2,1-3H3,(H,17,18)(H2,15,16,19)/t10?,11-/m1/s1. The molecule has 1 rings (SSSR count). The van der Waals surface area contributed by atoms with E-state index >= 15 is 0 Å². The van der Waals surface area contributed by atoms with Crippen molar-refractivity contribution in [2.24, 2.45) is 11.3 Å². The molecule has 1 aliphatic rings. The lowest BCUT2D eigenvalue weighted by Gasteiger charge is -2.28. The second kappa shape index (κ2) is 6.59. The molecule has 1 unspecified atom stereocenters. The Bertz CT molecular complexity index is 358. The predicted molar refractivity (Wildman–Crippen MR) is 73.9 cm³/mol. The number of carboxylic acids is 1. The smallest absolute Gasteiger partial charge is 0.326 e. The van der Waals surface area contributed by atoms with Crippen molar-refractivity contribution in [1.82, 2.24) is 10.6 Å². The number of amides is 2. The van der Waals surface area contributed by atoms with Crippen LogP contribution in [0.4, 0.5) is 4.79 Å². The van der Waals surface area contributed by atoms with Crippen molar-refractivity contribution in [2.75, 3.05) is 6.54 Å². The molecule has 19 heavy (non-hydrogen) atoms. The van der Waals surface area contributed by atoms with Gasteiger partial charge in [-0.05, 0) is 30.6 Å². The Morgan fingerprint density at radius 2 is 2.05 bits per heavy atom. The van der Waals surface area contributed by atoms with Gasteiger partial charge in [0.15, 0.2) is 0 Å². The zero-order chi connectivity index (χ0) is 14.5. The van der Waals surface area contributed by atoms with Crippen molar-refractivity contribution in [3.05, 3.63) is 12.2 Å². The quantitative estimate of drug-likeness (QED) is 0.683. The molecule has 2 amide bonds. The van der Waals surface area contributed by atoms with Gasteiger partial charge in [0.1, 0.15) is 6.04 Å². The number of urea groups is 1. The van der Waals surface area contributed by atoms with E-state index in [-0.39, 0.29) is 0 Å². The minimum Gasteiger partial charge on any atom is -0.480 e. The summed E-state index contributed by atoms with van der Waals surface area (Å²) in [6.07, 6.45) is 7.37. The third-order valence-electron chi connectivity index (χ3n) is 3.32. The number of nitrogens with one attached hydrogen (secondary N) is 2. The molecule has 0 saturated heterocycles. The lowest BCUT2D eigenvalue weighted by atomic mass is 9.87. The van der Waals surface area contributed by atoms with Crippen LogP contribution in [0.3, 0.4) is 0 Å². The molecule has 5 nitrogen and oxygen atoms in total. The molecule has 0 spiro atoms. The van der Waals surface area contributed by atoms with Gasteiger partial charge in [0.2, 0.25) is 0 Å². The van der Waals surface area contributed by atoms with Crippen LogP contribution in [0.5, 0.6) is 0 Å². The maximum atomic E-state index is 11.7. The molecular weight excluding hydrogens is 244 g/mol. The molecule has 0 fully saturated rings. The van der Waals surface area contributed by atoms with E-state index in [9.17, 15) is 9.59 Å². The summed E-state index contributed by atoms with van der Waals surface area (Å²) in [6.45, 7) is 5.96. The summed E-state index contributed by atoms with van der Waals surface area (Å²) in [7, 11) is 0. The zero-order valence-corrected chi connectivity index (χ0v) is 11.9. The Morgan fingerprint density at radius 3 is 2.53 bits per heavy atom. The Labute approximate surface area is 114 Å². The number of allylic oxidation sites excluding steroid dienone is 2. The zero-order valence-electron chi connectivity index (χ0n) is 11.9. The molecule has 0 aromatic carbocycles. The number of carbonyl (C=O) groups excluding carboxylic acids is 1. The second-order valence-corrected chi connectivity index (χ2v) is 6.14. The molecule has 5 heteroatoms. The van der Waals surface area contributed by atoms with Crippen LogP contribution in [0.2, 0.25) is 0 Å². The van der Waals surface area contributed by atoms with E-state index in [1.807, 2.05) is 0 Å². The molecule has 3 N–H and O–H groups in total. The SMILES string of the molecule is CC(C)(C)[C@H](NC(=O)NCC1CC=CCC1)C(=O)O. The molecule has 0 heterocycles. The number of rotatable bonds is 4. The molecule has 0 radical (unpaired) electrons. The van der Waals surface area contributed by atoms with Gasteiger partial charge < -0.3 is 15.7 Å². The number of hydrogen-bond acceptors (Lipinski definition) is 2. The normalized spacial score (nSPS) is 20.7.